The molecule has 1 fully saturated rings. The fraction of sp³-hybridized carbons (Fsp3) is 0.364. The van der Waals surface area contributed by atoms with Gasteiger partial charge in [-0.3, -0.25) is 4.79 Å². The van der Waals surface area contributed by atoms with E-state index in [1.54, 1.807) is 40.9 Å². The zero-order valence-corrected chi connectivity index (χ0v) is 17.6. The summed E-state index contributed by atoms with van der Waals surface area (Å²) in [6, 6.07) is 16.4. The van der Waals surface area contributed by atoms with E-state index in [0.29, 0.717) is 16.3 Å². The number of nitrogens with zero attached hydrogens (tertiary/aromatic N) is 1. The Morgan fingerprint density at radius 1 is 1.18 bits per heavy atom. The maximum atomic E-state index is 13.3. The van der Waals surface area contributed by atoms with Crippen LogP contribution in [0.1, 0.15) is 36.2 Å². The van der Waals surface area contributed by atoms with Crippen molar-refractivity contribution in [2.45, 2.75) is 44.2 Å². The predicted octanol–water partition coefficient (Wildman–Crippen LogP) is 4.81. The number of hydrogen-bond acceptors (Lipinski definition) is 4. The largest absolute Gasteiger partial charge is 0.461 e. The standard InChI is InChI=1S/C22H24ClNO3S/c1-15(2)27-22(26)19-14-28-20(12-11-16-7-4-3-5-8-16)24(19)21(25)17-9-6-10-18(23)13-17/h3-10,13,15,19-20H,11-12,14H2,1-2H3. The summed E-state index contributed by atoms with van der Waals surface area (Å²) in [6.45, 7) is 3.63. The summed E-state index contributed by atoms with van der Waals surface area (Å²) >= 11 is 7.71. The highest BCUT2D eigenvalue weighted by Gasteiger charge is 2.42. The number of thioether (sulfide) groups is 1. The topological polar surface area (TPSA) is 46.6 Å². The van der Waals surface area contributed by atoms with Crippen LogP contribution in [0.25, 0.3) is 0 Å². The Labute approximate surface area is 175 Å². The molecule has 0 N–H and O–H groups in total. The van der Waals surface area contributed by atoms with E-state index in [4.69, 9.17) is 16.3 Å². The van der Waals surface area contributed by atoms with Gasteiger partial charge < -0.3 is 9.64 Å². The van der Waals surface area contributed by atoms with Crippen LogP contribution in [0.2, 0.25) is 5.02 Å². The van der Waals surface area contributed by atoms with E-state index >= 15 is 0 Å². The average molecular weight is 418 g/mol. The molecule has 0 bridgehead atoms. The lowest BCUT2D eigenvalue weighted by Crippen LogP contribution is -2.47. The average Bonchev–Trinajstić information content (AvgIpc) is 3.10. The number of carbonyl (C=O) groups excluding carboxylic acids is 2. The van der Waals surface area contributed by atoms with Crippen LogP contribution in [0.5, 0.6) is 0 Å². The first kappa shape index (κ1) is 20.7. The van der Waals surface area contributed by atoms with Gasteiger partial charge in [0.05, 0.1) is 11.5 Å². The van der Waals surface area contributed by atoms with Crippen molar-refractivity contribution in [3.63, 3.8) is 0 Å². The molecule has 2 unspecified atom stereocenters. The van der Waals surface area contributed by atoms with Crippen LogP contribution in [-0.2, 0) is 16.0 Å². The van der Waals surface area contributed by atoms with E-state index in [1.165, 1.54) is 5.56 Å². The number of benzene rings is 2. The molecule has 4 nitrogen and oxygen atoms in total. The van der Waals surface area contributed by atoms with Crippen LogP contribution in [0.15, 0.2) is 54.6 Å². The number of carbonyl (C=O) groups is 2. The molecule has 3 rings (SSSR count). The Balaban J connectivity index is 1.81. The number of aryl methyl sites for hydroxylation is 1. The minimum absolute atomic E-state index is 0.0867. The lowest BCUT2D eigenvalue weighted by atomic mass is 10.1. The molecule has 148 valence electrons. The lowest BCUT2D eigenvalue weighted by Gasteiger charge is -2.29. The predicted molar refractivity (Wildman–Crippen MR) is 114 cm³/mol. The zero-order valence-electron chi connectivity index (χ0n) is 16.0. The van der Waals surface area contributed by atoms with E-state index in [9.17, 15) is 9.59 Å². The van der Waals surface area contributed by atoms with Crippen LogP contribution in [-0.4, -0.2) is 40.0 Å². The Kier molecular flexibility index (Phi) is 7.03. The molecule has 2 aromatic carbocycles. The maximum absolute atomic E-state index is 13.3. The summed E-state index contributed by atoms with van der Waals surface area (Å²) in [5.74, 6) is 0.00785. The molecule has 1 saturated heterocycles. The van der Waals surface area contributed by atoms with Crippen LogP contribution in [0.3, 0.4) is 0 Å². The van der Waals surface area contributed by atoms with E-state index in [0.717, 1.165) is 12.8 Å². The molecular weight excluding hydrogens is 394 g/mol. The summed E-state index contributed by atoms with van der Waals surface area (Å²) in [6.07, 6.45) is 1.39. The van der Waals surface area contributed by atoms with Crippen LogP contribution < -0.4 is 0 Å². The molecule has 1 aliphatic heterocycles. The fourth-order valence-electron chi connectivity index (χ4n) is 3.26. The molecule has 1 aliphatic rings. The van der Waals surface area contributed by atoms with Crippen molar-refractivity contribution in [2.24, 2.45) is 0 Å². The number of halogens is 1. The van der Waals surface area contributed by atoms with Crippen molar-refractivity contribution >= 4 is 35.2 Å². The molecule has 2 atom stereocenters. The van der Waals surface area contributed by atoms with E-state index in [1.807, 2.05) is 32.0 Å². The fourth-order valence-corrected chi connectivity index (χ4v) is 4.84. The first-order valence-electron chi connectivity index (χ1n) is 9.40. The number of hydrogen-bond donors (Lipinski definition) is 0. The molecule has 28 heavy (non-hydrogen) atoms. The molecule has 0 spiro atoms. The second-order valence-electron chi connectivity index (χ2n) is 7.04. The van der Waals surface area contributed by atoms with Crippen molar-refractivity contribution in [3.8, 4) is 0 Å². The Hall–Kier alpha value is -1.98. The van der Waals surface area contributed by atoms with E-state index in [2.05, 4.69) is 12.1 Å². The van der Waals surface area contributed by atoms with Crippen molar-refractivity contribution in [2.75, 3.05) is 5.75 Å². The van der Waals surface area contributed by atoms with Gasteiger partial charge in [0.2, 0.25) is 0 Å². The molecule has 2 aromatic rings. The van der Waals surface area contributed by atoms with Gasteiger partial charge in [0.15, 0.2) is 0 Å². The van der Waals surface area contributed by atoms with Gasteiger partial charge in [-0.2, -0.15) is 0 Å². The number of esters is 1. The third kappa shape index (κ3) is 5.09. The normalized spacial score (nSPS) is 19.1. The Morgan fingerprint density at radius 2 is 1.93 bits per heavy atom. The van der Waals surface area contributed by atoms with Gasteiger partial charge in [-0.05, 0) is 50.5 Å². The molecule has 6 heteroatoms. The van der Waals surface area contributed by atoms with Crippen LogP contribution >= 0.6 is 23.4 Å². The highest BCUT2D eigenvalue weighted by Crippen LogP contribution is 2.34. The third-order valence-corrected chi connectivity index (χ3v) is 6.14. The van der Waals surface area contributed by atoms with Crippen molar-refractivity contribution in [1.29, 1.82) is 0 Å². The van der Waals surface area contributed by atoms with E-state index < -0.39 is 6.04 Å². The smallest absolute Gasteiger partial charge is 0.330 e. The van der Waals surface area contributed by atoms with Gasteiger partial charge >= 0.3 is 5.97 Å². The summed E-state index contributed by atoms with van der Waals surface area (Å²) in [5, 5.41) is 0.413. The lowest BCUT2D eigenvalue weighted by molar-refractivity contribution is -0.151. The number of rotatable bonds is 6. The highest BCUT2D eigenvalue weighted by molar-refractivity contribution is 8.00. The first-order chi connectivity index (χ1) is 13.5. The molecule has 0 radical (unpaired) electrons. The molecule has 1 heterocycles. The summed E-state index contributed by atoms with van der Waals surface area (Å²) in [5.41, 5.74) is 1.70. The van der Waals surface area contributed by atoms with Gasteiger partial charge in [0.1, 0.15) is 6.04 Å². The minimum atomic E-state index is -0.584. The number of amides is 1. The van der Waals surface area contributed by atoms with Gasteiger partial charge in [-0.25, -0.2) is 4.79 Å². The van der Waals surface area contributed by atoms with Gasteiger partial charge in [0, 0.05) is 16.3 Å². The van der Waals surface area contributed by atoms with Crippen molar-refractivity contribution in [3.05, 3.63) is 70.7 Å². The monoisotopic (exact) mass is 417 g/mol. The molecule has 0 saturated carbocycles. The number of ether oxygens (including phenoxy) is 1. The highest BCUT2D eigenvalue weighted by atomic mass is 35.5. The molecule has 0 aromatic heterocycles. The maximum Gasteiger partial charge on any atom is 0.330 e. The Morgan fingerprint density at radius 3 is 2.61 bits per heavy atom. The van der Waals surface area contributed by atoms with Crippen molar-refractivity contribution in [1.82, 2.24) is 4.90 Å². The third-order valence-electron chi connectivity index (χ3n) is 4.55. The SMILES string of the molecule is CC(C)OC(=O)C1CSC(CCc2ccccc2)N1C(=O)c1cccc(Cl)c1. The molecular formula is C22H24ClNO3S. The second kappa shape index (κ2) is 9.48. The quantitative estimate of drug-likeness (QED) is 0.633. The first-order valence-corrected chi connectivity index (χ1v) is 10.8. The Bertz CT molecular complexity index is 828. The van der Waals surface area contributed by atoms with Crippen LogP contribution in [0.4, 0.5) is 0 Å². The summed E-state index contributed by atoms with van der Waals surface area (Å²) < 4.78 is 5.41. The van der Waals surface area contributed by atoms with E-state index in [-0.39, 0.29) is 23.4 Å². The summed E-state index contributed by atoms with van der Waals surface area (Å²) in [4.78, 5) is 27.6. The minimum Gasteiger partial charge on any atom is -0.461 e. The second-order valence-corrected chi connectivity index (χ2v) is 8.68. The van der Waals surface area contributed by atoms with Gasteiger partial charge in [-0.15, -0.1) is 11.8 Å². The van der Waals surface area contributed by atoms with Crippen molar-refractivity contribution < 1.29 is 14.3 Å². The van der Waals surface area contributed by atoms with Gasteiger partial charge in [-0.1, -0.05) is 48.0 Å². The molecule has 0 aliphatic carbocycles. The summed E-state index contributed by atoms with van der Waals surface area (Å²) in [7, 11) is 0. The van der Waals surface area contributed by atoms with Gasteiger partial charge in [0.25, 0.3) is 5.91 Å². The molecule has 1 amide bonds. The zero-order chi connectivity index (χ0) is 20.1. The van der Waals surface area contributed by atoms with Crippen LogP contribution in [0, 0.1) is 0 Å².